The van der Waals surface area contributed by atoms with Crippen LogP contribution >= 0.6 is 0 Å². The SMILES string of the molecule is COc1cccc(C)c1-c1c(C)cccc1OC.Cc1ccc2c(c1-c1c(C)ccc3c1CCCC3)CCCC2.Cc1ccc2ccccc2c1-c1c(C)ccc2ccccc12.Cc1cccc(C)c1-c1c(C)cccc1C. The Bertz CT molecular complexity index is 3490. The van der Waals surface area contributed by atoms with Gasteiger partial charge in [0, 0.05) is 11.1 Å². The molecule has 0 bridgehead atoms. The van der Waals surface area contributed by atoms with Gasteiger partial charge in [0.15, 0.2) is 0 Å². The first-order chi connectivity index (χ1) is 37.8. The second kappa shape index (κ2) is 24.8. The van der Waals surface area contributed by atoms with E-state index in [0.717, 1.165) is 22.6 Å². The zero-order chi connectivity index (χ0) is 55.0. The summed E-state index contributed by atoms with van der Waals surface area (Å²) in [6, 6.07) is 60.9. The molecule has 78 heavy (non-hydrogen) atoms. The molecule has 0 atom stereocenters. The molecular weight excluding hydrogens is 945 g/mol. The molecule has 10 aromatic carbocycles. The first-order valence-electron chi connectivity index (χ1n) is 28.4. The van der Waals surface area contributed by atoms with Gasteiger partial charge < -0.3 is 9.47 Å². The van der Waals surface area contributed by atoms with Crippen LogP contribution in [-0.4, -0.2) is 14.2 Å². The Hall–Kier alpha value is -7.68. The van der Waals surface area contributed by atoms with Crippen molar-refractivity contribution in [2.75, 3.05) is 14.2 Å². The van der Waals surface area contributed by atoms with Crippen LogP contribution < -0.4 is 9.47 Å². The number of methoxy groups -OCH3 is 2. The lowest BCUT2D eigenvalue weighted by Crippen LogP contribution is -2.10. The highest BCUT2D eigenvalue weighted by Crippen LogP contribution is 2.43. The Labute approximate surface area is 467 Å². The minimum absolute atomic E-state index is 0.877. The van der Waals surface area contributed by atoms with E-state index in [-0.39, 0.29) is 0 Å². The molecule has 12 rings (SSSR count). The summed E-state index contributed by atoms with van der Waals surface area (Å²) < 4.78 is 11.0. The second-order valence-electron chi connectivity index (χ2n) is 22.0. The van der Waals surface area contributed by atoms with E-state index in [1.807, 2.05) is 24.3 Å². The molecule has 2 aliphatic carbocycles. The predicted octanol–water partition coefficient (Wildman–Crippen LogP) is 20.6. The summed E-state index contributed by atoms with van der Waals surface area (Å²) in [7, 11) is 3.39. The topological polar surface area (TPSA) is 18.5 Å². The summed E-state index contributed by atoms with van der Waals surface area (Å²) in [6.45, 7) is 22.0. The number of aryl methyl sites for hydroxylation is 12. The van der Waals surface area contributed by atoms with Crippen LogP contribution in [0.2, 0.25) is 0 Å². The molecule has 0 amide bonds. The van der Waals surface area contributed by atoms with Crippen LogP contribution in [0.25, 0.3) is 66.1 Å². The Morgan fingerprint density at radius 1 is 0.244 bits per heavy atom. The molecular formula is C76H80O2. The van der Waals surface area contributed by atoms with Crippen LogP contribution in [0.4, 0.5) is 0 Å². The average molecular weight is 1030 g/mol. The van der Waals surface area contributed by atoms with Crippen molar-refractivity contribution in [1.29, 1.82) is 0 Å². The molecule has 0 saturated carbocycles. The average Bonchev–Trinajstić information content (AvgIpc) is 3.64. The Kier molecular flexibility index (Phi) is 17.5. The fourth-order valence-corrected chi connectivity index (χ4v) is 12.7. The van der Waals surface area contributed by atoms with Gasteiger partial charge in [-0.25, -0.2) is 0 Å². The third-order valence-corrected chi connectivity index (χ3v) is 16.6. The molecule has 2 heteroatoms. The van der Waals surface area contributed by atoms with Crippen LogP contribution in [0.3, 0.4) is 0 Å². The highest BCUT2D eigenvalue weighted by Gasteiger charge is 2.23. The molecule has 0 unspecified atom stereocenters. The van der Waals surface area contributed by atoms with Gasteiger partial charge in [0.1, 0.15) is 11.5 Å². The highest BCUT2D eigenvalue weighted by molar-refractivity contribution is 6.07. The van der Waals surface area contributed by atoms with Crippen LogP contribution in [0, 0.1) is 69.2 Å². The molecule has 2 nitrogen and oxygen atoms in total. The standard InChI is InChI=1S/C22H26.C22H18.C16H18O2.C16H18/c2*1-15-11-13-17-7-3-5-9-19(17)21(15)22-16(2)12-14-18-8-4-6-10-20(18)22;1-11-7-5-9-13(17-3)15(11)16-12(2)8-6-10-14(16)18-4;1-11-7-5-8-12(2)15(11)16-13(3)9-6-10-14(16)4/h11-14H,3-10H2,1-2H3;3-14H,1-2H3;5-10H,1-4H3;5-10H,1-4H3. The number of hydrogen-bond donors (Lipinski definition) is 0. The number of fused-ring (bicyclic) bond motifs is 4. The maximum Gasteiger partial charge on any atom is 0.127 e. The second-order valence-corrected chi connectivity index (χ2v) is 22.0. The third kappa shape index (κ3) is 11.5. The quantitative estimate of drug-likeness (QED) is 0.165. The van der Waals surface area contributed by atoms with Crippen molar-refractivity contribution in [3.63, 3.8) is 0 Å². The third-order valence-electron chi connectivity index (χ3n) is 16.6. The van der Waals surface area contributed by atoms with Gasteiger partial charge in [-0.2, -0.15) is 0 Å². The van der Waals surface area contributed by atoms with Crippen molar-refractivity contribution >= 4 is 21.5 Å². The largest absolute Gasteiger partial charge is 0.496 e. The number of ether oxygens (including phenoxy) is 2. The van der Waals surface area contributed by atoms with Gasteiger partial charge in [-0.05, 0) is 266 Å². The van der Waals surface area contributed by atoms with E-state index in [1.54, 1.807) is 47.6 Å². The molecule has 0 N–H and O–H groups in total. The smallest absolute Gasteiger partial charge is 0.127 e. The molecule has 0 saturated heterocycles. The molecule has 0 spiro atoms. The van der Waals surface area contributed by atoms with Crippen LogP contribution in [0.1, 0.15) is 104 Å². The first-order valence-corrected chi connectivity index (χ1v) is 28.4. The van der Waals surface area contributed by atoms with E-state index in [9.17, 15) is 0 Å². The van der Waals surface area contributed by atoms with E-state index in [4.69, 9.17) is 9.47 Å². The maximum absolute atomic E-state index is 5.48. The lowest BCUT2D eigenvalue weighted by atomic mass is 9.78. The van der Waals surface area contributed by atoms with Crippen molar-refractivity contribution in [2.24, 2.45) is 0 Å². The van der Waals surface area contributed by atoms with Crippen molar-refractivity contribution in [3.8, 4) is 56.0 Å². The minimum atomic E-state index is 0.877. The fourth-order valence-electron chi connectivity index (χ4n) is 12.7. The van der Waals surface area contributed by atoms with Crippen molar-refractivity contribution in [1.82, 2.24) is 0 Å². The summed E-state index contributed by atoms with van der Waals surface area (Å²) in [4.78, 5) is 0. The summed E-state index contributed by atoms with van der Waals surface area (Å²) in [6.07, 6.45) is 10.5. The molecule has 2 aliphatic rings. The maximum atomic E-state index is 5.48. The van der Waals surface area contributed by atoms with E-state index in [2.05, 4.69) is 215 Å². The summed E-state index contributed by atoms with van der Waals surface area (Å²) in [5.74, 6) is 1.75. The Morgan fingerprint density at radius 2 is 0.538 bits per heavy atom. The van der Waals surface area contributed by atoms with Crippen molar-refractivity contribution in [2.45, 2.75) is 121 Å². The molecule has 0 radical (unpaired) electrons. The molecule has 0 aliphatic heterocycles. The normalized spacial score (nSPS) is 12.5. The van der Waals surface area contributed by atoms with Gasteiger partial charge in [0.25, 0.3) is 0 Å². The highest BCUT2D eigenvalue weighted by atomic mass is 16.5. The summed E-state index contributed by atoms with van der Waals surface area (Å²) in [5, 5.41) is 5.27. The van der Waals surface area contributed by atoms with Crippen LogP contribution in [-0.2, 0) is 25.7 Å². The lowest BCUT2D eigenvalue weighted by molar-refractivity contribution is 0.410. The minimum Gasteiger partial charge on any atom is -0.496 e. The Morgan fingerprint density at radius 3 is 0.910 bits per heavy atom. The van der Waals surface area contributed by atoms with E-state index < -0.39 is 0 Å². The monoisotopic (exact) mass is 1020 g/mol. The van der Waals surface area contributed by atoms with Crippen LogP contribution in [0.5, 0.6) is 11.5 Å². The summed E-state index contributed by atoms with van der Waals surface area (Å²) in [5.41, 5.74) is 30.9. The van der Waals surface area contributed by atoms with Gasteiger partial charge >= 0.3 is 0 Å². The van der Waals surface area contributed by atoms with Gasteiger partial charge in [-0.1, -0.05) is 158 Å². The number of rotatable bonds is 6. The van der Waals surface area contributed by atoms with Gasteiger partial charge in [-0.3, -0.25) is 0 Å². The first kappa shape index (κ1) is 55.1. The van der Waals surface area contributed by atoms with E-state index >= 15 is 0 Å². The molecule has 0 fully saturated rings. The predicted molar refractivity (Wildman–Crippen MR) is 336 cm³/mol. The van der Waals surface area contributed by atoms with Crippen LogP contribution in [0.15, 0.2) is 170 Å². The Balaban J connectivity index is 0.000000128. The van der Waals surface area contributed by atoms with Crippen molar-refractivity contribution in [3.05, 3.63) is 248 Å². The zero-order valence-corrected chi connectivity index (χ0v) is 48.6. The van der Waals surface area contributed by atoms with E-state index in [0.29, 0.717) is 0 Å². The fraction of sp³-hybridized carbons (Fsp3) is 0.263. The van der Waals surface area contributed by atoms with Gasteiger partial charge in [0.2, 0.25) is 0 Å². The van der Waals surface area contributed by atoms with E-state index in [1.165, 1.54) is 151 Å². The number of hydrogen-bond acceptors (Lipinski definition) is 2. The number of benzene rings is 10. The lowest BCUT2D eigenvalue weighted by Gasteiger charge is -2.27. The summed E-state index contributed by atoms with van der Waals surface area (Å²) >= 11 is 0. The molecule has 10 aromatic rings. The van der Waals surface area contributed by atoms with Gasteiger partial charge in [-0.15, -0.1) is 0 Å². The van der Waals surface area contributed by atoms with Gasteiger partial charge in [0.05, 0.1) is 14.2 Å². The zero-order valence-electron chi connectivity index (χ0n) is 48.6. The van der Waals surface area contributed by atoms with Crippen molar-refractivity contribution < 1.29 is 9.47 Å². The molecule has 396 valence electrons. The molecule has 0 heterocycles. The molecule has 0 aromatic heterocycles.